The number of hydrogen-bond acceptors (Lipinski definition) is 4. The van der Waals surface area contributed by atoms with Crippen LogP contribution in [0.15, 0.2) is 17.6 Å². The molecule has 0 saturated carbocycles. The van der Waals surface area contributed by atoms with Crippen LogP contribution in [0.3, 0.4) is 0 Å². The van der Waals surface area contributed by atoms with E-state index in [1.54, 1.807) is 13.2 Å². The average Bonchev–Trinajstić information content (AvgIpc) is 2.66. The Labute approximate surface area is 88.5 Å². The van der Waals surface area contributed by atoms with Gasteiger partial charge in [-0.15, -0.1) is 0 Å². The van der Waals surface area contributed by atoms with Crippen LogP contribution in [-0.2, 0) is 21.8 Å². The minimum Gasteiger partial charge on any atom is -0.379 e. The number of ether oxygens (including phenoxy) is 1. The monoisotopic (exact) mass is 231 g/mol. The summed E-state index contributed by atoms with van der Waals surface area (Å²) in [6.07, 6.45) is 3.10. The molecule has 0 aromatic carbocycles. The topological polar surface area (TPSA) is 64.4 Å². The quantitative estimate of drug-likeness (QED) is 0.684. The van der Waals surface area contributed by atoms with Crippen molar-refractivity contribution in [3.63, 3.8) is 0 Å². The smallest absolute Gasteiger partial charge is 0.277 e. The molecule has 0 bridgehead atoms. The van der Waals surface area contributed by atoms with Gasteiger partial charge in [-0.1, -0.05) is 0 Å². The number of imidazole rings is 1. The van der Waals surface area contributed by atoms with E-state index in [9.17, 15) is 8.42 Å². The number of morpholine rings is 1. The molecule has 0 aliphatic carbocycles. The van der Waals surface area contributed by atoms with Crippen LogP contribution in [0.5, 0.6) is 0 Å². The number of aryl methyl sites for hydroxylation is 1. The molecular formula is C8H13N3O3S. The lowest BCUT2D eigenvalue weighted by Gasteiger charge is -2.25. The SMILES string of the molecule is Cn1ccnc1S(=O)(=O)N1CCOCC1. The minimum absolute atomic E-state index is 0.0874. The molecule has 0 radical (unpaired) electrons. The summed E-state index contributed by atoms with van der Waals surface area (Å²) < 4.78 is 32.1. The predicted molar refractivity (Wildman–Crippen MR) is 52.8 cm³/mol. The molecule has 1 aromatic rings. The van der Waals surface area contributed by atoms with Gasteiger partial charge in [-0.2, -0.15) is 4.31 Å². The van der Waals surface area contributed by atoms with Gasteiger partial charge in [0.25, 0.3) is 10.0 Å². The minimum atomic E-state index is -3.44. The van der Waals surface area contributed by atoms with Gasteiger partial charge >= 0.3 is 0 Å². The molecule has 1 aliphatic rings. The van der Waals surface area contributed by atoms with E-state index in [0.29, 0.717) is 26.3 Å². The normalized spacial score (nSPS) is 19.3. The van der Waals surface area contributed by atoms with Gasteiger partial charge in [0, 0.05) is 32.5 Å². The average molecular weight is 231 g/mol. The molecular weight excluding hydrogens is 218 g/mol. The molecule has 0 spiro atoms. The zero-order valence-electron chi connectivity index (χ0n) is 8.46. The molecule has 0 atom stereocenters. The molecule has 15 heavy (non-hydrogen) atoms. The Hall–Kier alpha value is -0.920. The van der Waals surface area contributed by atoms with E-state index in [1.165, 1.54) is 15.1 Å². The maximum absolute atomic E-state index is 12.1. The summed E-state index contributed by atoms with van der Waals surface area (Å²) in [6.45, 7) is 1.69. The highest BCUT2D eigenvalue weighted by Gasteiger charge is 2.29. The first-order valence-electron chi connectivity index (χ1n) is 4.67. The van der Waals surface area contributed by atoms with Crippen LogP contribution in [0.4, 0.5) is 0 Å². The lowest BCUT2D eigenvalue weighted by atomic mass is 10.5. The molecule has 6 nitrogen and oxygen atoms in total. The van der Waals surface area contributed by atoms with Crippen molar-refractivity contribution in [1.29, 1.82) is 0 Å². The number of sulfonamides is 1. The van der Waals surface area contributed by atoms with E-state index in [1.807, 2.05) is 0 Å². The van der Waals surface area contributed by atoms with Crippen molar-refractivity contribution >= 4 is 10.0 Å². The second-order valence-electron chi connectivity index (χ2n) is 3.34. The Bertz CT molecular complexity index is 434. The molecule has 0 unspecified atom stereocenters. The van der Waals surface area contributed by atoms with E-state index < -0.39 is 10.0 Å². The summed E-state index contributed by atoms with van der Waals surface area (Å²) in [7, 11) is -1.78. The van der Waals surface area contributed by atoms with Gasteiger partial charge in [0.2, 0.25) is 5.16 Å². The fraction of sp³-hybridized carbons (Fsp3) is 0.625. The molecule has 1 aliphatic heterocycles. The summed E-state index contributed by atoms with van der Waals surface area (Å²) in [6, 6.07) is 0. The third-order valence-corrected chi connectivity index (χ3v) is 4.22. The summed E-state index contributed by atoms with van der Waals surface area (Å²) >= 11 is 0. The Kier molecular flexibility index (Phi) is 2.76. The fourth-order valence-electron chi connectivity index (χ4n) is 1.50. The van der Waals surface area contributed by atoms with Gasteiger partial charge in [0.05, 0.1) is 13.2 Å². The van der Waals surface area contributed by atoms with Crippen molar-refractivity contribution in [3.05, 3.63) is 12.4 Å². The first kappa shape index (κ1) is 10.6. The number of hydrogen-bond donors (Lipinski definition) is 0. The van der Waals surface area contributed by atoms with Crippen LogP contribution in [0.2, 0.25) is 0 Å². The standard InChI is InChI=1S/C8H13N3O3S/c1-10-3-2-9-8(10)15(12,13)11-4-6-14-7-5-11/h2-3H,4-7H2,1H3. The first-order valence-corrected chi connectivity index (χ1v) is 6.11. The van der Waals surface area contributed by atoms with E-state index >= 15 is 0 Å². The fourth-order valence-corrected chi connectivity index (χ4v) is 2.98. The van der Waals surface area contributed by atoms with E-state index in [2.05, 4.69) is 4.98 Å². The third kappa shape index (κ3) is 1.90. The van der Waals surface area contributed by atoms with Gasteiger partial charge in [-0.25, -0.2) is 13.4 Å². The lowest BCUT2D eigenvalue weighted by molar-refractivity contribution is 0.0727. The Morgan fingerprint density at radius 2 is 2.07 bits per heavy atom. The maximum Gasteiger partial charge on any atom is 0.277 e. The van der Waals surface area contributed by atoms with Crippen molar-refractivity contribution in [2.75, 3.05) is 26.3 Å². The van der Waals surface area contributed by atoms with Crippen LogP contribution < -0.4 is 0 Å². The lowest BCUT2D eigenvalue weighted by Crippen LogP contribution is -2.41. The van der Waals surface area contributed by atoms with Crippen molar-refractivity contribution in [3.8, 4) is 0 Å². The van der Waals surface area contributed by atoms with Crippen LogP contribution >= 0.6 is 0 Å². The van der Waals surface area contributed by atoms with Crippen molar-refractivity contribution < 1.29 is 13.2 Å². The second kappa shape index (κ2) is 3.92. The number of nitrogens with zero attached hydrogens (tertiary/aromatic N) is 3. The number of rotatable bonds is 2. The Balaban J connectivity index is 2.30. The van der Waals surface area contributed by atoms with Gasteiger partial charge in [0.1, 0.15) is 0 Å². The predicted octanol–water partition coefficient (Wildman–Crippen LogP) is -0.559. The molecule has 2 rings (SSSR count). The number of aromatic nitrogens is 2. The zero-order chi connectivity index (χ0) is 10.9. The molecule has 1 aromatic heterocycles. The largest absolute Gasteiger partial charge is 0.379 e. The molecule has 2 heterocycles. The van der Waals surface area contributed by atoms with Crippen molar-refractivity contribution in [1.82, 2.24) is 13.9 Å². The summed E-state index contributed by atoms with van der Waals surface area (Å²) in [5.41, 5.74) is 0. The van der Waals surface area contributed by atoms with Gasteiger partial charge < -0.3 is 9.30 Å². The Morgan fingerprint density at radius 3 is 2.60 bits per heavy atom. The highest BCUT2D eigenvalue weighted by atomic mass is 32.2. The third-order valence-electron chi connectivity index (χ3n) is 2.32. The van der Waals surface area contributed by atoms with E-state index in [-0.39, 0.29) is 5.16 Å². The first-order chi connectivity index (χ1) is 7.12. The van der Waals surface area contributed by atoms with Crippen LogP contribution in [0, 0.1) is 0 Å². The summed E-state index contributed by atoms with van der Waals surface area (Å²) in [5, 5.41) is 0.0874. The molecule has 7 heteroatoms. The van der Waals surface area contributed by atoms with Crippen LogP contribution in [-0.4, -0.2) is 48.6 Å². The molecule has 0 amide bonds. The van der Waals surface area contributed by atoms with Crippen molar-refractivity contribution in [2.24, 2.45) is 7.05 Å². The van der Waals surface area contributed by atoms with Crippen LogP contribution in [0.1, 0.15) is 0 Å². The van der Waals surface area contributed by atoms with E-state index in [0.717, 1.165) is 0 Å². The summed E-state index contributed by atoms with van der Waals surface area (Å²) in [5.74, 6) is 0. The van der Waals surface area contributed by atoms with Gasteiger partial charge in [-0.3, -0.25) is 0 Å². The zero-order valence-corrected chi connectivity index (χ0v) is 9.27. The maximum atomic E-state index is 12.1. The highest BCUT2D eigenvalue weighted by molar-refractivity contribution is 7.89. The molecule has 0 N–H and O–H groups in total. The molecule has 1 fully saturated rings. The van der Waals surface area contributed by atoms with Gasteiger partial charge in [0.15, 0.2) is 0 Å². The van der Waals surface area contributed by atoms with Gasteiger partial charge in [-0.05, 0) is 0 Å². The molecule has 84 valence electrons. The molecule has 1 saturated heterocycles. The van der Waals surface area contributed by atoms with E-state index in [4.69, 9.17) is 4.74 Å². The van der Waals surface area contributed by atoms with Crippen LogP contribution in [0.25, 0.3) is 0 Å². The highest BCUT2D eigenvalue weighted by Crippen LogP contribution is 2.13. The summed E-state index contributed by atoms with van der Waals surface area (Å²) in [4.78, 5) is 3.86. The Morgan fingerprint density at radius 1 is 1.40 bits per heavy atom. The second-order valence-corrected chi connectivity index (χ2v) is 5.17. The van der Waals surface area contributed by atoms with Crippen molar-refractivity contribution in [2.45, 2.75) is 5.16 Å².